The molecule has 2 rings (SSSR count). The van der Waals surface area contributed by atoms with Crippen molar-refractivity contribution in [1.82, 2.24) is 9.55 Å². The number of aromatic nitrogens is 2. The first kappa shape index (κ1) is 10.8. The molecule has 7 heteroatoms. The second-order valence-electron chi connectivity index (χ2n) is 3.25. The Morgan fingerprint density at radius 3 is 2.87 bits per heavy atom. The standard InChI is InChI=1S/C8H8ClFN2O2S/c9-6-5(10)7(13)12(8(14)11-6)4-1-2-15-3-4/h4H,1-3H2,(H,11,14). The molecule has 1 aromatic rings. The minimum Gasteiger partial charge on any atom is -0.295 e. The van der Waals surface area contributed by atoms with Crippen LogP contribution < -0.4 is 11.2 Å². The van der Waals surface area contributed by atoms with Gasteiger partial charge in [0.25, 0.3) is 5.56 Å². The summed E-state index contributed by atoms with van der Waals surface area (Å²) in [5, 5.41) is -0.521. The summed E-state index contributed by atoms with van der Waals surface area (Å²) < 4.78 is 14.1. The van der Waals surface area contributed by atoms with Crippen LogP contribution in [0.2, 0.25) is 5.15 Å². The van der Waals surface area contributed by atoms with Crippen molar-refractivity contribution in [2.75, 3.05) is 11.5 Å². The van der Waals surface area contributed by atoms with E-state index in [2.05, 4.69) is 4.98 Å². The third kappa shape index (κ3) is 1.83. The van der Waals surface area contributed by atoms with E-state index in [-0.39, 0.29) is 6.04 Å². The molecule has 0 bridgehead atoms. The predicted molar refractivity (Wildman–Crippen MR) is 57.3 cm³/mol. The lowest BCUT2D eigenvalue weighted by atomic mass is 10.2. The van der Waals surface area contributed by atoms with E-state index in [1.807, 2.05) is 0 Å². The van der Waals surface area contributed by atoms with E-state index in [9.17, 15) is 14.0 Å². The first-order chi connectivity index (χ1) is 7.11. The molecule has 0 radical (unpaired) electrons. The van der Waals surface area contributed by atoms with Crippen LogP contribution in [0.5, 0.6) is 0 Å². The van der Waals surface area contributed by atoms with Crippen LogP contribution >= 0.6 is 23.4 Å². The van der Waals surface area contributed by atoms with Crippen LogP contribution in [0.4, 0.5) is 4.39 Å². The zero-order valence-corrected chi connectivity index (χ0v) is 9.20. The Kier molecular flexibility index (Phi) is 2.88. The summed E-state index contributed by atoms with van der Waals surface area (Å²) in [7, 11) is 0. The maximum absolute atomic E-state index is 13.2. The van der Waals surface area contributed by atoms with E-state index >= 15 is 0 Å². The maximum Gasteiger partial charge on any atom is 0.329 e. The molecule has 1 unspecified atom stereocenters. The maximum atomic E-state index is 13.2. The molecule has 82 valence electrons. The number of nitrogens with zero attached hydrogens (tertiary/aromatic N) is 1. The van der Waals surface area contributed by atoms with E-state index in [0.717, 1.165) is 10.3 Å². The second-order valence-corrected chi connectivity index (χ2v) is 4.78. The average molecular weight is 251 g/mol. The summed E-state index contributed by atoms with van der Waals surface area (Å²) in [6.45, 7) is 0. The molecule has 4 nitrogen and oxygen atoms in total. The summed E-state index contributed by atoms with van der Waals surface area (Å²) in [5.41, 5.74) is -1.57. The molecule has 15 heavy (non-hydrogen) atoms. The number of hydrogen-bond donors (Lipinski definition) is 1. The highest BCUT2D eigenvalue weighted by Gasteiger charge is 2.23. The molecular formula is C8H8ClFN2O2S. The lowest BCUT2D eigenvalue weighted by Gasteiger charge is -2.10. The van der Waals surface area contributed by atoms with Gasteiger partial charge in [-0.1, -0.05) is 11.6 Å². The van der Waals surface area contributed by atoms with Gasteiger partial charge in [-0.15, -0.1) is 0 Å². The van der Waals surface area contributed by atoms with Crippen LogP contribution in [-0.2, 0) is 0 Å². The van der Waals surface area contributed by atoms with Gasteiger partial charge in [0.1, 0.15) is 0 Å². The molecule has 1 aliphatic rings. The summed E-state index contributed by atoms with van der Waals surface area (Å²) in [5.74, 6) is 0.443. The normalized spacial score (nSPS) is 20.8. The first-order valence-corrected chi connectivity index (χ1v) is 5.92. The van der Waals surface area contributed by atoms with Gasteiger partial charge in [-0.05, 0) is 12.2 Å². The van der Waals surface area contributed by atoms with Gasteiger partial charge in [-0.2, -0.15) is 16.2 Å². The van der Waals surface area contributed by atoms with Crippen molar-refractivity contribution >= 4 is 23.4 Å². The van der Waals surface area contributed by atoms with Crippen molar-refractivity contribution in [3.63, 3.8) is 0 Å². The van der Waals surface area contributed by atoms with Gasteiger partial charge in [0.2, 0.25) is 5.82 Å². The quantitative estimate of drug-likeness (QED) is 0.757. The first-order valence-electron chi connectivity index (χ1n) is 4.39. The Balaban J connectivity index is 2.60. The van der Waals surface area contributed by atoms with Crippen molar-refractivity contribution in [2.24, 2.45) is 0 Å². The lowest BCUT2D eigenvalue weighted by molar-refractivity contribution is 0.478. The largest absolute Gasteiger partial charge is 0.329 e. The van der Waals surface area contributed by atoms with E-state index in [0.29, 0.717) is 12.2 Å². The fourth-order valence-electron chi connectivity index (χ4n) is 1.56. The van der Waals surface area contributed by atoms with Crippen LogP contribution in [0, 0.1) is 5.82 Å². The number of H-pyrrole nitrogens is 1. The monoisotopic (exact) mass is 250 g/mol. The molecule has 1 N–H and O–H groups in total. The molecule has 1 atom stereocenters. The topological polar surface area (TPSA) is 54.9 Å². The highest BCUT2D eigenvalue weighted by molar-refractivity contribution is 7.99. The van der Waals surface area contributed by atoms with Crippen LogP contribution in [0.1, 0.15) is 12.5 Å². The number of thioether (sulfide) groups is 1. The molecule has 0 amide bonds. The third-order valence-electron chi connectivity index (χ3n) is 2.31. The zero-order chi connectivity index (χ0) is 11.0. The van der Waals surface area contributed by atoms with E-state index in [1.54, 1.807) is 11.8 Å². The van der Waals surface area contributed by atoms with E-state index in [4.69, 9.17) is 11.6 Å². The molecule has 1 aliphatic heterocycles. The zero-order valence-electron chi connectivity index (χ0n) is 7.63. The fraction of sp³-hybridized carbons (Fsp3) is 0.500. The van der Waals surface area contributed by atoms with Gasteiger partial charge in [0, 0.05) is 5.75 Å². The molecule has 2 heterocycles. The molecule has 1 fully saturated rings. The van der Waals surface area contributed by atoms with Crippen molar-refractivity contribution < 1.29 is 4.39 Å². The van der Waals surface area contributed by atoms with Crippen LogP contribution in [0.3, 0.4) is 0 Å². The number of hydrogen-bond acceptors (Lipinski definition) is 3. The van der Waals surface area contributed by atoms with Gasteiger partial charge in [-0.3, -0.25) is 14.3 Å². The van der Waals surface area contributed by atoms with Crippen LogP contribution in [0.25, 0.3) is 0 Å². The van der Waals surface area contributed by atoms with Gasteiger partial charge in [0.05, 0.1) is 6.04 Å². The Bertz CT molecular complexity index is 492. The molecule has 0 aromatic carbocycles. The van der Waals surface area contributed by atoms with Gasteiger partial charge in [0.15, 0.2) is 5.15 Å². The molecule has 1 aromatic heterocycles. The molecular weight excluding hydrogens is 243 g/mol. The highest BCUT2D eigenvalue weighted by atomic mass is 35.5. The minimum absolute atomic E-state index is 0.224. The van der Waals surface area contributed by atoms with Crippen LogP contribution in [-0.4, -0.2) is 21.1 Å². The molecule has 1 saturated heterocycles. The molecule has 0 spiro atoms. The summed E-state index contributed by atoms with van der Waals surface area (Å²) >= 11 is 6.99. The number of nitrogens with one attached hydrogen (secondary N) is 1. The molecule has 0 aliphatic carbocycles. The Hall–Kier alpha value is -0.750. The van der Waals surface area contributed by atoms with Crippen LogP contribution in [0.15, 0.2) is 9.59 Å². The Morgan fingerprint density at radius 1 is 1.53 bits per heavy atom. The predicted octanol–water partition coefficient (Wildman–Crippen LogP) is 1.01. The highest BCUT2D eigenvalue weighted by Crippen LogP contribution is 2.25. The van der Waals surface area contributed by atoms with Crippen molar-refractivity contribution in [3.05, 3.63) is 31.8 Å². The second kappa shape index (κ2) is 4.02. The van der Waals surface area contributed by atoms with Gasteiger partial charge < -0.3 is 0 Å². The Labute approximate surface area is 93.4 Å². The van der Waals surface area contributed by atoms with E-state index < -0.39 is 22.2 Å². The summed E-state index contributed by atoms with van der Waals surface area (Å²) in [4.78, 5) is 25.0. The number of halogens is 2. The smallest absolute Gasteiger partial charge is 0.295 e. The van der Waals surface area contributed by atoms with E-state index in [1.165, 1.54) is 0 Å². The minimum atomic E-state index is -1.09. The Morgan fingerprint density at radius 2 is 2.27 bits per heavy atom. The summed E-state index contributed by atoms with van der Waals surface area (Å²) in [6, 6.07) is -0.224. The fourth-order valence-corrected chi connectivity index (χ4v) is 2.91. The van der Waals surface area contributed by atoms with Crippen molar-refractivity contribution in [2.45, 2.75) is 12.5 Å². The average Bonchev–Trinajstić information content (AvgIpc) is 2.68. The summed E-state index contributed by atoms with van der Waals surface area (Å²) in [6.07, 6.45) is 0.703. The number of rotatable bonds is 1. The van der Waals surface area contributed by atoms with Gasteiger partial charge >= 0.3 is 5.69 Å². The van der Waals surface area contributed by atoms with Gasteiger partial charge in [-0.25, -0.2) is 4.79 Å². The van der Waals surface area contributed by atoms with Crippen molar-refractivity contribution in [1.29, 1.82) is 0 Å². The lowest BCUT2D eigenvalue weighted by Crippen LogP contribution is -2.40. The molecule has 0 saturated carbocycles. The van der Waals surface area contributed by atoms with Crippen molar-refractivity contribution in [3.8, 4) is 0 Å². The number of aromatic amines is 1. The third-order valence-corrected chi connectivity index (χ3v) is 3.71. The SMILES string of the molecule is O=c1[nH]c(Cl)c(F)c(=O)n1C1CCSC1.